The Morgan fingerprint density at radius 3 is 2.31 bits per heavy atom. The number of nitrogens with zero attached hydrogens (tertiary/aromatic N) is 2. The Morgan fingerprint density at radius 2 is 1.73 bits per heavy atom. The van der Waals surface area contributed by atoms with Crippen LogP contribution in [0.15, 0.2) is 29.3 Å². The summed E-state index contributed by atoms with van der Waals surface area (Å²) in [5.41, 5.74) is 1.34. The Bertz CT molecular complexity index is 497. The van der Waals surface area contributed by atoms with Gasteiger partial charge in [-0.3, -0.25) is 4.99 Å². The van der Waals surface area contributed by atoms with Gasteiger partial charge in [-0.25, -0.2) is 0 Å². The molecule has 148 valence electrons. The molecule has 0 heterocycles. The van der Waals surface area contributed by atoms with Gasteiger partial charge < -0.3 is 20.3 Å². The van der Waals surface area contributed by atoms with Crippen molar-refractivity contribution in [2.45, 2.75) is 46.0 Å². The van der Waals surface area contributed by atoms with Gasteiger partial charge in [0.1, 0.15) is 5.75 Å². The summed E-state index contributed by atoms with van der Waals surface area (Å²) in [6.45, 7) is 12.0. The number of aliphatic imine (C=N–C) groups is 1. The van der Waals surface area contributed by atoms with Crippen LogP contribution in [0.4, 0.5) is 0 Å². The van der Waals surface area contributed by atoms with Crippen LogP contribution in [0.3, 0.4) is 0 Å². The van der Waals surface area contributed by atoms with Crippen molar-refractivity contribution in [3.8, 4) is 5.75 Å². The molecule has 0 aromatic heterocycles. The number of methoxy groups -OCH3 is 1. The monoisotopic (exact) mass is 362 g/mol. The van der Waals surface area contributed by atoms with E-state index in [1.165, 1.54) is 24.9 Å². The predicted molar refractivity (Wildman–Crippen MR) is 112 cm³/mol. The SMILES string of the molecule is CCN(CC)CCCCNC(=NC)NCCC(C)c1ccc(OC)cc1. The van der Waals surface area contributed by atoms with E-state index in [1.54, 1.807) is 7.11 Å². The molecule has 0 aliphatic carbocycles. The third-order valence-corrected chi connectivity index (χ3v) is 4.87. The number of hydrogen-bond donors (Lipinski definition) is 2. The van der Waals surface area contributed by atoms with Gasteiger partial charge in [0.25, 0.3) is 0 Å². The zero-order valence-electron chi connectivity index (χ0n) is 17.3. The van der Waals surface area contributed by atoms with Gasteiger partial charge in [-0.15, -0.1) is 0 Å². The molecule has 5 heteroatoms. The molecule has 0 saturated carbocycles. The quantitative estimate of drug-likeness (QED) is 0.340. The minimum atomic E-state index is 0.501. The van der Waals surface area contributed by atoms with Gasteiger partial charge in [0.15, 0.2) is 5.96 Å². The Hall–Kier alpha value is -1.75. The van der Waals surface area contributed by atoms with Crippen molar-refractivity contribution < 1.29 is 4.74 Å². The normalized spacial score (nSPS) is 12.9. The zero-order chi connectivity index (χ0) is 19.2. The maximum atomic E-state index is 5.22. The highest BCUT2D eigenvalue weighted by molar-refractivity contribution is 5.79. The van der Waals surface area contributed by atoms with Crippen LogP contribution in [0.25, 0.3) is 0 Å². The summed E-state index contributed by atoms with van der Waals surface area (Å²) in [5.74, 6) is 2.31. The topological polar surface area (TPSA) is 48.9 Å². The molecule has 0 radical (unpaired) electrons. The van der Waals surface area contributed by atoms with E-state index < -0.39 is 0 Å². The molecule has 0 spiro atoms. The van der Waals surface area contributed by atoms with Crippen molar-refractivity contribution in [1.29, 1.82) is 0 Å². The van der Waals surface area contributed by atoms with E-state index in [1.807, 2.05) is 19.2 Å². The maximum absolute atomic E-state index is 5.22. The predicted octanol–water partition coefficient (Wildman–Crippen LogP) is 3.48. The lowest BCUT2D eigenvalue weighted by molar-refractivity contribution is 0.297. The fourth-order valence-electron chi connectivity index (χ4n) is 2.93. The summed E-state index contributed by atoms with van der Waals surface area (Å²) in [6.07, 6.45) is 3.45. The minimum absolute atomic E-state index is 0.501. The Labute approximate surface area is 160 Å². The van der Waals surface area contributed by atoms with Crippen molar-refractivity contribution in [2.24, 2.45) is 4.99 Å². The second-order valence-corrected chi connectivity index (χ2v) is 6.62. The van der Waals surface area contributed by atoms with Crippen LogP contribution in [0, 0.1) is 0 Å². The number of unbranched alkanes of at least 4 members (excludes halogenated alkanes) is 1. The van der Waals surface area contributed by atoms with Gasteiger partial charge in [0.05, 0.1) is 7.11 Å². The molecular formula is C21H38N4O. The summed E-state index contributed by atoms with van der Waals surface area (Å²) in [5, 5.41) is 6.83. The van der Waals surface area contributed by atoms with E-state index in [4.69, 9.17) is 4.74 Å². The van der Waals surface area contributed by atoms with Crippen molar-refractivity contribution in [2.75, 3.05) is 46.9 Å². The third-order valence-electron chi connectivity index (χ3n) is 4.87. The van der Waals surface area contributed by atoms with Crippen molar-refractivity contribution in [3.05, 3.63) is 29.8 Å². The molecule has 0 fully saturated rings. The van der Waals surface area contributed by atoms with Crippen LogP contribution in [0.1, 0.15) is 51.5 Å². The number of nitrogens with one attached hydrogen (secondary N) is 2. The molecule has 0 aliphatic heterocycles. The lowest BCUT2D eigenvalue weighted by atomic mass is 9.98. The van der Waals surface area contributed by atoms with E-state index in [9.17, 15) is 0 Å². The van der Waals surface area contributed by atoms with Crippen molar-refractivity contribution >= 4 is 5.96 Å². The van der Waals surface area contributed by atoms with E-state index in [-0.39, 0.29) is 0 Å². The second-order valence-electron chi connectivity index (χ2n) is 6.62. The molecule has 2 N–H and O–H groups in total. The van der Waals surface area contributed by atoms with Crippen LogP contribution in [0.2, 0.25) is 0 Å². The number of benzene rings is 1. The average Bonchev–Trinajstić information content (AvgIpc) is 2.69. The standard InChI is InChI=1S/C21H38N4O/c1-6-25(7-2)17-9-8-15-23-21(22-4)24-16-14-18(3)19-10-12-20(26-5)13-11-19/h10-13,18H,6-9,14-17H2,1-5H3,(H2,22,23,24). The average molecular weight is 363 g/mol. The zero-order valence-corrected chi connectivity index (χ0v) is 17.3. The fraction of sp³-hybridized carbons (Fsp3) is 0.667. The van der Waals surface area contributed by atoms with Gasteiger partial charge in [-0.05, 0) is 62.5 Å². The van der Waals surface area contributed by atoms with Gasteiger partial charge in [0.2, 0.25) is 0 Å². The summed E-state index contributed by atoms with van der Waals surface area (Å²) < 4.78 is 5.22. The first-order valence-corrected chi connectivity index (χ1v) is 9.95. The van der Waals surface area contributed by atoms with Gasteiger partial charge in [-0.2, -0.15) is 0 Å². The van der Waals surface area contributed by atoms with Crippen LogP contribution in [-0.4, -0.2) is 57.7 Å². The summed E-state index contributed by atoms with van der Waals surface area (Å²) in [6, 6.07) is 8.34. The van der Waals surface area contributed by atoms with E-state index >= 15 is 0 Å². The maximum Gasteiger partial charge on any atom is 0.190 e. The highest BCUT2D eigenvalue weighted by Gasteiger charge is 2.06. The smallest absolute Gasteiger partial charge is 0.190 e. The molecule has 0 aliphatic rings. The van der Waals surface area contributed by atoms with Crippen molar-refractivity contribution in [3.63, 3.8) is 0 Å². The molecular weight excluding hydrogens is 324 g/mol. The van der Waals surface area contributed by atoms with Crippen LogP contribution in [0.5, 0.6) is 5.75 Å². The molecule has 1 unspecified atom stereocenters. The van der Waals surface area contributed by atoms with Crippen LogP contribution >= 0.6 is 0 Å². The molecule has 5 nitrogen and oxygen atoms in total. The molecule has 0 amide bonds. The lowest BCUT2D eigenvalue weighted by Crippen LogP contribution is -2.38. The Morgan fingerprint density at radius 1 is 1.08 bits per heavy atom. The highest BCUT2D eigenvalue weighted by atomic mass is 16.5. The Balaban J connectivity index is 2.20. The number of guanidine groups is 1. The Kier molecular flexibility index (Phi) is 11.5. The summed E-state index contributed by atoms with van der Waals surface area (Å²) in [4.78, 5) is 6.78. The molecule has 1 aromatic rings. The first-order chi connectivity index (χ1) is 12.6. The number of hydrogen-bond acceptors (Lipinski definition) is 3. The fourth-order valence-corrected chi connectivity index (χ4v) is 2.93. The van der Waals surface area contributed by atoms with Crippen LogP contribution < -0.4 is 15.4 Å². The molecule has 0 bridgehead atoms. The minimum Gasteiger partial charge on any atom is -0.497 e. The summed E-state index contributed by atoms with van der Waals surface area (Å²) in [7, 11) is 3.53. The molecule has 1 rings (SSSR count). The lowest BCUT2D eigenvalue weighted by Gasteiger charge is -2.18. The van der Waals surface area contributed by atoms with Gasteiger partial charge >= 0.3 is 0 Å². The van der Waals surface area contributed by atoms with Crippen molar-refractivity contribution in [1.82, 2.24) is 15.5 Å². The van der Waals surface area contributed by atoms with E-state index in [0.717, 1.165) is 44.3 Å². The highest BCUT2D eigenvalue weighted by Crippen LogP contribution is 2.21. The first kappa shape index (κ1) is 22.3. The number of ether oxygens (including phenoxy) is 1. The third kappa shape index (κ3) is 8.56. The first-order valence-electron chi connectivity index (χ1n) is 9.95. The van der Waals surface area contributed by atoms with E-state index in [2.05, 4.69) is 53.4 Å². The van der Waals surface area contributed by atoms with Gasteiger partial charge in [0, 0.05) is 20.1 Å². The van der Waals surface area contributed by atoms with E-state index in [0.29, 0.717) is 5.92 Å². The molecule has 1 aromatic carbocycles. The van der Waals surface area contributed by atoms with Gasteiger partial charge in [-0.1, -0.05) is 32.9 Å². The molecule has 0 saturated heterocycles. The largest absolute Gasteiger partial charge is 0.497 e. The molecule has 26 heavy (non-hydrogen) atoms. The summed E-state index contributed by atoms with van der Waals surface area (Å²) >= 11 is 0. The number of rotatable bonds is 12. The molecule has 1 atom stereocenters. The van der Waals surface area contributed by atoms with Crippen LogP contribution in [-0.2, 0) is 0 Å². The second kappa shape index (κ2) is 13.5.